The van der Waals surface area contributed by atoms with Crippen LogP contribution in [0.25, 0.3) is 0 Å². The second-order valence-electron chi connectivity index (χ2n) is 5.57. The molecule has 2 saturated heterocycles. The number of rotatable bonds is 2. The van der Waals surface area contributed by atoms with Gasteiger partial charge in [0.1, 0.15) is 0 Å². The van der Waals surface area contributed by atoms with E-state index in [0.717, 1.165) is 6.54 Å². The van der Waals surface area contributed by atoms with Gasteiger partial charge in [-0.2, -0.15) is 11.8 Å². The SMILES string of the molecule is CC1(C)CCN(C2(CN)CCSC2)C1. The zero-order chi connectivity index (χ0) is 10.2. The van der Waals surface area contributed by atoms with Crippen molar-refractivity contribution in [2.24, 2.45) is 11.1 Å². The summed E-state index contributed by atoms with van der Waals surface area (Å²) < 4.78 is 0. The van der Waals surface area contributed by atoms with Crippen molar-refractivity contribution < 1.29 is 0 Å². The van der Waals surface area contributed by atoms with Gasteiger partial charge in [0.2, 0.25) is 0 Å². The van der Waals surface area contributed by atoms with E-state index in [-0.39, 0.29) is 0 Å². The van der Waals surface area contributed by atoms with Gasteiger partial charge in [-0.05, 0) is 30.6 Å². The Labute approximate surface area is 91.6 Å². The van der Waals surface area contributed by atoms with Crippen molar-refractivity contribution in [2.75, 3.05) is 31.1 Å². The minimum atomic E-state index is 0.346. The maximum atomic E-state index is 5.98. The molecule has 0 amide bonds. The first-order chi connectivity index (χ1) is 6.58. The Morgan fingerprint density at radius 2 is 2.14 bits per heavy atom. The smallest absolute Gasteiger partial charge is 0.0429 e. The van der Waals surface area contributed by atoms with Crippen LogP contribution in [0.1, 0.15) is 26.7 Å². The molecule has 0 radical (unpaired) electrons. The van der Waals surface area contributed by atoms with Gasteiger partial charge in [-0.3, -0.25) is 4.90 Å². The van der Waals surface area contributed by atoms with Crippen LogP contribution in [0, 0.1) is 5.41 Å². The second kappa shape index (κ2) is 3.69. The summed E-state index contributed by atoms with van der Waals surface area (Å²) in [5, 5.41) is 0. The van der Waals surface area contributed by atoms with E-state index in [4.69, 9.17) is 5.73 Å². The molecule has 2 aliphatic heterocycles. The fourth-order valence-electron chi connectivity index (χ4n) is 2.65. The summed E-state index contributed by atoms with van der Waals surface area (Å²) in [4.78, 5) is 2.66. The van der Waals surface area contributed by atoms with Gasteiger partial charge in [-0.1, -0.05) is 13.8 Å². The fraction of sp³-hybridized carbons (Fsp3) is 1.00. The van der Waals surface area contributed by atoms with Crippen molar-refractivity contribution in [2.45, 2.75) is 32.2 Å². The van der Waals surface area contributed by atoms with Crippen LogP contribution < -0.4 is 5.73 Å². The van der Waals surface area contributed by atoms with Crippen LogP contribution in [0.2, 0.25) is 0 Å². The minimum absolute atomic E-state index is 0.346. The van der Waals surface area contributed by atoms with Gasteiger partial charge in [-0.25, -0.2) is 0 Å². The third kappa shape index (κ3) is 1.82. The number of hydrogen-bond acceptors (Lipinski definition) is 3. The number of thioether (sulfide) groups is 1. The number of likely N-dealkylation sites (tertiary alicyclic amines) is 1. The van der Waals surface area contributed by atoms with Crippen LogP contribution in [0.3, 0.4) is 0 Å². The van der Waals surface area contributed by atoms with Crippen LogP contribution in [-0.4, -0.2) is 41.6 Å². The zero-order valence-corrected chi connectivity index (χ0v) is 10.2. The highest BCUT2D eigenvalue weighted by molar-refractivity contribution is 7.99. The molecule has 0 aromatic heterocycles. The third-order valence-electron chi connectivity index (χ3n) is 3.81. The molecule has 2 rings (SSSR count). The van der Waals surface area contributed by atoms with E-state index in [1.165, 1.54) is 37.4 Å². The first-order valence-electron chi connectivity index (χ1n) is 5.61. The van der Waals surface area contributed by atoms with Gasteiger partial charge in [-0.15, -0.1) is 0 Å². The maximum Gasteiger partial charge on any atom is 0.0429 e. The Balaban J connectivity index is 2.07. The molecule has 1 unspecified atom stereocenters. The lowest BCUT2D eigenvalue weighted by Gasteiger charge is -2.38. The quantitative estimate of drug-likeness (QED) is 0.756. The predicted molar refractivity (Wildman–Crippen MR) is 63.7 cm³/mol. The second-order valence-corrected chi connectivity index (χ2v) is 6.67. The van der Waals surface area contributed by atoms with Crippen LogP contribution in [0.5, 0.6) is 0 Å². The Morgan fingerprint density at radius 3 is 2.57 bits per heavy atom. The van der Waals surface area contributed by atoms with Gasteiger partial charge in [0.25, 0.3) is 0 Å². The number of nitrogens with two attached hydrogens (primary N) is 1. The van der Waals surface area contributed by atoms with E-state index >= 15 is 0 Å². The van der Waals surface area contributed by atoms with Gasteiger partial charge in [0.05, 0.1) is 0 Å². The van der Waals surface area contributed by atoms with E-state index in [1.54, 1.807) is 0 Å². The molecule has 3 heteroatoms. The van der Waals surface area contributed by atoms with E-state index in [1.807, 2.05) is 0 Å². The molecule has 2 aliphatic rings. The van der Waals surface area contributed by atoms with E-state index in [0.29, 0.717) is 11.0 Å². The highest BCUT2D eigenvalue weighted by atomic mass is 32.2. The average molecular weight is 214 g/mol. The Hall–Kier alpha value is 0.270. The van der Waals surface area contributed by atoms with Crippen molar-refractivity contribution >= 4 is 11.8 Å². The van der Waals surface area contributed by atoms with Crippen LogP contribution in [0.4, 0.5) is 0 Å². The molecule has 2 N–H and O–H groups in total. The summed E-state index contributed by atoms with van der Waals surface area (Å²) in [7, 11) is 0. The molecule has 0 bridgehead atoms. The normalized spacial score (nSPS) is 37.9. The lowest BCUT2D eigenvalue weighted by molar-refractivity contribution is 0.135. The lowest BCUT2D eigenvalue weighted by atomic mass is 9.92. The molecular weight excluding hydrogens is 192 g/mol. The van der Waals surface area contributed by atoms with E-state index in [9.17, 15) is 0 Å². The first-order valence-corrected chi connectivity index (χ1v) is 6.76. The van der Waals surface area contributed by atoms with Crippen molar-refractivity contribution in [3.05, 3.63) is 0 Å². The molecule has 0 aromatic carbocycles. The Kier molecular flexibility index (Phi) is 2.84. The van der Waals surface area contributed by atoms with Gasteiger partial charge in [0, 0.05) is 24.4 Å². The topological polar surface area (TPSA) is 29.3 Å². The Morgan fingerprint density at radius 1 is 1.36 bits per heavy atom. The van der Waals surface area contributed by atoms with E-state index in [2.05, 4.69) is 30.5 Å². The van der Waals surface area contributed by atoms with Gasteiger partial charge < -0.3 is 5.73 Å². The molecule has 0 spiro atoms. The first kappa shape index (κ1) is 10.8. The van der Waals surface area contributed by atoms with E-state index < -0.39 is 0 Å². The summed E-state index contributed by atoms with van der Waals surface area (Å²) in [5.41, 5.74) is 6.84. The molecular formula is C11H22N2S. The third-order valence-corrected chi connectivity index (χ3v) is 5.04. The highest BCUT2D eigenvalue weighted by Gasteiger charge is 2.44. The monoisotopic (exact) mass is 214 g/mol. The van der Waals surface area contributed by atoms with Crippen LogP contribution in [0.15, 0.2) is 0 Å². The van der Waals surface area contributed by atoms with Crippen molar-refractivity contribution in [1.82, 2.24) is 4.90 Å². The molecule has 2 heterocycles. The van der Waals surface area contributed by atoms with Crippen molar-refractivity contribution in [3.8, 4) is 0 Å². The summed E-state index contributed by atoms with van der Waals surface area (Å²) in [6.45, 7) is 8.09. The molecule has 0 saturated carbocycles. The highest BCUT2D eigenvalue weighted by Crippen LogP contribution is 2.39. The largest absolute Gasteiger partial charge is 0.329 e. The minimum Gasteiger partial charge on any atom is -0.329 e. The molecule has 82 valence electrons. The summed E-state index contributed by atoms with van der Waals surface area (Å²) in [5.74, 6) is 2.55. The number of nitrogens with zero attached hydrogens (tertiary/aromatic N) is 1. The predicted octanol–water partition coefficient (Wildman–Crippen LogP) is 1.55. The van der Waals surface area contributed by atoms with Crippen molar-refractivity contribution in [1.29, 1.82) is 0 Å². The van der Waals surface area contributed by atoms with Gasteiger partial charge >= 0.3 is 0 Å². The molecule has 14 heavy (non-hydrogen) atoms. The standard InChI is InChI=1S/C11H22N2S/c1-10(2)3-5-13(8-10)11(7-12)4-6-14-9-11/h3-9,12H2,1-2H3. The summed E-state index contributed by atoms with van der Waals surface area (Å²) in [6.07, 6.45) is 2.63. The number of hydrogen-bond donors (Lipinski definition) is 1. The molecule has 1 atom stereocenters. The van der Waals surface area contributed by atoms with Crippen LogP contribution >= 0.6 is 11.8 Å². The zero-order valence-electron chi connectivity index (χ0n) is 9.38. The average Bonchev–Trinajstić information content (AvgIpc) is 2.72. The molecule has 2 nitrogen and oxygen atoms in total. The Bertz CT molecular complexity index is 209. The molecule has 0 aromatic rings. The summed E-state index contributed by atoms with van der Waals surface area (Å²) >= 11 is 2.07. The van der Waals surface area contributed by atoms with Crippen LogP contribution in [-0.2, 0) is 0 Å². The lowest BCUT2D eigenvalue weighted by Crippen LogP contribution is -2.53. The maximum absolute atomic E-state index is 5.98. The molecule has 2 fully saturated rings. The fourth-order valence-corrected chi connectivity index (χ4v) is 4.15. The molecule has 0 aliphatic carbocycles. The van der Waals surface area contributed by atoms with Gasteiger partial charge in [0.15, 0.2) is 0 Å². The van der Waals surface area contributed by atoms with Crippen molar-refractivity contribution in [3.63, 3.8) is 0 Å². The summed E-state index contributed by atoms with van der Waals surface area (Å²) in [6, 6.07) is 0.